The summed E-state index contributed by atoms with van der Waals surface area (Å²) in [5, 5.41) is 15.4. The van der Waals surface area contributed by atoms with E-state index in [1.165, 1.54) is 11.0 Å². The number of carbonyl (C=O) groups is 6. The summed E-state index contributed by atoms with van der Waals surface area (Å²) in [6.45, 7) is 3.16. The lowest BCUT2D eigenvalue weighted by atomic mass is 9.65. The van der Waals surface area contributed by atoms with Crippen molar-refractivity contribution in [2.24, 2.45) is 11.8 Å². The van der Waals surface area contributed by atoms with Gasteiger partial charge in [-0.3, -0.25) is 33.7 Å². The highest BCUT2D eigenvalue weighted by Crippen LogP contribution is 2.65. The van der Waals surface area contributed by atoms with E-state index in [-0.39, 0.29) is 57.7 Å². The van der Waals surface area contributed by atoms with Crippen LogP contribution in [-0.2, 0) is 54.8 Å². The number of piperazine rings is 1. The maximum Gasteiger partial charge on any atom is 0.325 e. The zero-order chi connectivity index (χ0) is 54.1. The molecule has 5 heterocycles. The Morgan fingerprint density at radius 2 is 1.41 bits per heavy atom. The van der Waals surface area contributed by atoms with E-state index in [1.807, 2.05) is 120 Å². The van der Waals surface area contributed by atoms with Gasteiger partial charge in [0.25, 0.3) is 0 Å². The Hall–Kier alpha value is -7.87. The van der Waals surface area contributed by atoms with Crippen LogP contribution < -0.4 is 20.1 Å². The minimum atomic E-state index is -1.72. The summed E-state index contributed by atoms with van der Waals surface area (Å²) in [7, 11) is 0. The Balaban J connectivity index is 0.890. The number of amides is 3. The number of hydrogen-bond donors (Lipinski definition) is 3. The molecule has 1 spiro atoms. The summed E-state index contributed by atoms with van der Waals surface area (Å²) < 4.78 is 30.9. The summed E-state index contributed by atoms with van der Waals surface area (Å²) in [5.74, 6) is -4.70. The maximum atomic E-state index is 15.3. The minimum Gasteiger partial charge on any atom is -0.491 e. The van der Waals surface area contributed by atoms with E-state index in [4.69, 9.17) is 23.7 Å². The number of ether oxygens (including phenoxy) is 5. The zero-order valence-corrected chi connectivity index (χ0v) is 44.3. The van der Waals surface area contributed by atoms with Gasteiger partial charge in [-0.1, -0.05) is 128 Å². The molecule has 0 bridgehead atoms. The molecule has 10 atom stereocenters. The maximum absolute atomic E-state index is 15.3. The van der Waals surface area contributed by atoms with Crippen LogP contribution in [0.2, 0.25) is 0 Å². The molecule has 0 radical (unpaired) electrons. The second-order valence-corrected chi connectivity index (χ2v) is 21.1. The SMILES string of the molecule is C=CCOC(=O)[C@@H]1[C@H]2C(=O)O[C@H](c3ccccc3)[C@H](c3ccccc3)N2[C@H](c2ccc(OCCOC(=O)[C@H]3C[C@H]4C(=O)N[C@@H](Cc5ccccc5)C(=O)N4[C@H]3c3cccc(OCCO)c3)cc2)[C@@]12C(=O)Nc1ccc(I)cc12. The molecule has 398 valence electrons. The molecule has 16 nitrogen and oxygen atoms in total. The van der Waals surface area contributed by atoms with Crippen molar-refractivity contribution in [2.45, 2.75) is 60.6 Å². The van der Waals surface area contributed by atoms with E-state index in [2.05, 4.69) is 39.8 Å². The van der Waals surface area contributed by atoms with Gasteiger partial charge in [0.1, 0.15) is 73.5 Å². The normalized spacial score (nSPS) is 26.0. The lowest BCUT2D eigenvalue weighted by molar-refractivity contribution is -0.180. The lowest BCUT2D eigenvalue weighted by Gasteiger charge is -2.46. The summed E-state index contributed by atoms with van der Waals surface area (Å²) in [4.78, 5) is 91.0. The molecule has 3 N–H and O–H groups in total. The average Bonchev–Trinajstić information content (AvgIpc) is 4.21. The van der Waals surface area contributed by atoms with Gasteiger partial charge in [-0.25, -0.2) is 0 Å². The van der Waals surface area contributed by atoms with Crippen LogP contribution in [0.4, 0.5) is 5.69 Å². The van der Waals surface area contributed by atoms with Crippen LogP contribution in [0.3, 0.4) is 0 Å². The smallest absolute Gasteiger partial charge is 0.325 e. The van der Waals surface area contributed by atoms with Crippen LogP contribution in [-0.4, -0.2) is 102 Å². The number of cyclic esters (lactones) is 1. The number of nitrogens with zero attached hydrogens (tertiary/aromatic N) is 2. The highest BCUT2D eigenvalue weighted by atomic mass is 127. The first kappa shape index (κ1) is 52.2. The molecule has 4 saturated heterocycles. The lowest BCUT2D eigenvalue weighted by Crippen LogP contribution is -2.62. The quantitative estimate of drug-likeness (QED) is 0.0271. The molecule has 5 aliphatic heterocycles. The van der Waals surface area contributed by atoms with Crippen molar-refractivity contribution >= 4 is 63.9 Å². The second kappa shape index (κ2) is 22.2. The van der Waals surface area contributed by atoms with Crippen LogP contribution in [0.5, 0.6) is 11.5 Å². The Bertz CT molecular complexity index is 3260. The van der Waals surface area contributed by atoms with Crippen LogP contribution in [0.25, 0.3) is 0 Å². The number of halogens is 1. The molecule has 0 unspecified atom stereocenters. The third-order valence-electron chi connectivity index (χ3n) is 15.5. The van der Waals surface area contributed by atoms with Crippen molar-refractivity contribution < 1.29 is 57.6 Å². The number of morpholine rings is 1. The largest absolute Gasteiger partial charge is 0.491 e. The van der Waals surface area contributed by atoms with Gasteiger partial charge in [0.15, 0.2) is 0 Å². The molecule has 11 rings (SSSR count). The van der Waals surface area contributed by atoms with Gasteiger partial charge in [-0.2, -0.15) is 0 Å². The average molecular weight is 1160 g/mol. The first-order valence-corrected chi connectivity index (χ1v) is 27.0. The summed E-state index contributed by atoms with van der Waals surface area (Å²) in [6.07, 6.45) is 0.873. The van der Waals surface area contributed by atoms with Gasteiger partial charge < -0.3 is 44.3 Å². The van der Waals surface area contributed by atoms with E-state index in [0.29, 0.717) is 33.9 Å². The van der Waals surface area contributed by atoms with Crippen molar-refractivity contribution in [3.63, 3.8) is 0 Å². The van der Waals surface area contributed by atoms with E-state index in [0.717, 1.165) is 20.3 Å². The van der Waals surface area contributed by atoms with Crippen LogP contribution in [0.15, 0.2) is 170 Å². The molecular weight excluding hydrogens is 1110 g/mol. The standard InChI is InChI=1S/C61H55IN4O12/c1-2-28-76-58(71)49-52-59(72)78-53(38-17-10-5-11-18-38)51(37-15-8-4-9-16-37)66(52)54(61(49)45-34-41(62)23-26-46(45)64-60(61)73)39-21-24-42(25-22-39)75-30-31-77-57(70)44-35-48-55(68)63-47(32-36-13-6-3-7-14-36)56(69)65(48)50(44)40-19-12-20-43(33-40)74-29-27-67/h2-26,33-34,44,47-54,67H,1,27-32,35H2,(H,63,68)(H,64,73)/t44-,47-,48-,49-,50-,51-,52-,53+,54+,61-/m0/s1. The van der Waals surface area contributed by atoms with E-state index in [1.54, 1.807) is 42.5 Å². The number of rotatable bonds is 17. The molecule has 4 fully saturated rings. The molecule has 0 aromatic heterocycles. The fraction of sp³-hybridized carbons (Fsp3) is 0.279. The molecule has 17 heteroatoms. The monoisotopic (exact) mass is 1160 g/mol. The van der Waals surface area contributed by atoms with Crippen molar-refractivity contribution in [3.8, 4) is 11.5 Å². The molecule has 0 aliphatic carbocycles. The first-order valence-electron chi connectivity index (χ1n) is 25.9. The number of nitrogens with one attached hydrogen (secondary N) is 2. The van der Waals surface area contributed by atoms with E-state index < -0.39 is 83.4 Å². The number of hydrogen-bond acceptors (Lipinski definition) is 13. The Kier molecular flexibility index (Phi) is 14.9. The fourth-order valence-corrected chi connectivity index (χ4v) is 12.9. The third-order valence-corrected chi connectivity index (χ3v) is 16.1. The minimum absolute atomic E-state index is 0.0210. The van der Waals surface area contributed by atoms with Crippen molar-refractivity contribution in [1.82, 2.24) is 15.1 Å². The Labute approximate surface area is 463 Å². The van der Waals surface area contributed by atoms with E-state index >= 15 is 4.79 Å². The summed E-state index contributed by atoms with van der Waals surface area (Å²) in [5.41, 5.74) is 2.88. The van der Waals surface area contributed by atoms with Gasteiger partial charge in [0, 0.05) is 15.7 Å². The van der Waals surface area contributed by atoms with Crippen molar-refractivity contribution in [3.05, 3.63) is 207 Å². The van der Waals surface area contributed by atoms with E-state index in [9.17, 15) is 29.1 Å². The van der Waals surface area contributed by atoms with Gasteiger partial charge in [0.05, 0.1) is 30.7 Å². The third kappa shape index (κ3) is 9.46. The molecular formula is C61H55IN4O12. The number of fused-ring (bicyclic) bond motifs is 4. The van der Waals surface area contributed by atoms with Crippen LogP contribution >= 0.6 is 22.6 Å². The highest BCUT2D eigenvalue weighted by molar-refractivity contribution is 14.1. The number of aliphatic hydroxyl groups is 1. The van der Waals surface area contributed by atoms with Crippen LogP contribution in [0.1, 0.15) is 64.0 Å². The van der Waals surface area contributed by atoms with Gasteiger partial charge in [-0.05, 0) is 105 Å². The molecule has 6 aromatic carbocycles. The Morgan fingerprint density at radius 3 is 2.13 bits per heavy atom. The molecule has 6 aromatic rings. The molecule has 78 heavy (non-hydrogen) atoms. The predicted octanol–water partition coefficient (Wildman–Crippen LogP) is 7.28. The topological polar surface area (TPSA) is 199 Å². The van der Waals surface area contributed by atoms with Crippen LogP contribution in [0, 0.1) is 15.4 Å². The number of benzene rings is 6. The predicted molar refractivity (Wildman–Crippen MR) is 292 cm³/mol. The number of aliphatic hydroxyl groups excluding tert-OH is 1. The van der Waals surface area contributed by atoms with Gasteiger partial charge in [-0.15, -0.1) is 0 Å². The fourth-order valence-electron chi connectivity index (χ4n) is 12.4. The molecule has 3 amide bonds. The molecule has 0 saturated carbocycles. The number of anilines is 1. The second-order valence-electron chi connectivity index (χ2n) is 19.9. The van der Waals surface area contributed by atoms with Gasteiger partial charge >= 0.3 is 17.9 Å². The van der Waals surface area contributed by atoms with Crippen molar-refractivity contribution in [1.29, 1.82) is 0 Å². The Morgan fingerprint density at radius 1 is 0.718 bits per heavy atom. The number of esters is 3. The number of carbonyl (C=O) groups excluding carboxylic acids is 6. The zero-order valence-electron chi connectivity index (χ0n) is 42.2. The summed E-state index contributed by atoms with van der Waals surface area (Å²) >= 11 is 2.18. The first-order chi connectivity index (χ1) is 38.0. The summed E-state index contributed by atoms with van der Waals surface area (Å²) in [6, 6.07) is 42.3. The van der Waals surface area contributed by atoms with Gasteiger partial charge in [0.2, 0.25) is 17.7 Å². The molecule has 5 aliphatic rings. The highest BCUT2D eigenvalue weighted by Gasteiger charge is 2.74. The van der Waals surface area contributed by atoms with Crippen molar-refractivity contribution in [2.75, 3.05) is 38.4 Å².